The Morgan fingerprint density at radius 1 is 1.20 bits per heavy atom. The highest BCUT2D eigenvalue weighted by Crippen LogP contribution is 2.32. The van der Waals surface area contributed by atoms with Crippen molar-refractivity contribution in [2.45, 2.75) is 13.1 Å². The van der Waals surface area contributed by atoms with Crippen molar-refractivity contribution in [1.82, 2.24) is 5.32 Å². The molecule has 0 saturated heterocycles. The van der Waals surface area contributed by atoms with Crippen LogP contribution in [0.2, 0.25) is 0 Å². The Morgan fingerprint density at radius 3 is 2.85 bits per heavy atom. The molecule has 1 aromatic carbocycles. The van der Waals surface area contributed by atoms with Crippen molar-refractivity contribution in [3.8, 4) is 11.5 Å². The van der Waals surface area contributed by atoms with Crippen LogP contribution in [0, 0.1) is 10.1 Å². The van der Waals surface area contributed by atoms with E-state index in [4.69, 9.17) is 9.47 Å². The van der Waals surface area contributed by atoms with Gasteiger partial charge in [0.05, 0.1) is 4.92 Å². The van der Waals surface area contributed by atoms with Crippen LogP contribution in [0.4, 0.5) is 5.00 Å². The Labute approximate surface area is 119 Å². The van der Waals surface area contributed by atoms with Gasteiger partial charge >= 0.3 is 5.00 Å². The number of rotatable bonds is 5. The van der Waals surface area contributed by atoms with E-state index in [9.17, 15) is 10.1 Å². The van der Waals surface area contributed by atoms with Gasteiger partial charge in [-0.2, -0.15) is 0 Å². The molecule has 0 atom stereocenters. The fourth-order valence-electron chi connectivity index (χ4n) is 1.94. The Hall–Kier alpha value is -2.12. The largest absolute Gasteiger partial charge is 0.454 e. The summed E-state index contributed by atoms with van der Waals surface area (Å²) in [5, 5.41) is 14.0. The van der Waals surface area contributed by atoms with Crippen molar-refractivity contribution >= 4 is 16.3 Å². The van der Waals surface area contributed by atoms with E-state index in [0.717, 1.165) is 21.9 Å². The molecule has 3 rings (SSSR count). The average molecular weight is 292 g/mol. The van der Waals surface area contributed by atoms with Crippen LogP contribution in [0.5, 0.6) is 11.5 Å². The zero-order valence-corrected chi connectivity index (χ0v) is 11.3. The second kappa shape index (κ2) is 5.48. The van der Waals surface area contributed by atoms with Gasteiger partial charge in [-0.25, -0.2) is 0 Å². The van der Waals surface area contributed by atoms with Gasteiger partial charge in [0.2, 0.25) is 6.79 Å². The molecule has 2 aromatic rings. The predicted octanol–water partition coefficient (Wildman–Crippen LogP) is 2.67. The van der Waals surface area contributed by atoms with Crippen molar-refractivity contribution < 1.29 is 14.4 Å². The van der Waals surface area contributed by atoms with E-state index in [1.165, 1.54) is 17.4 Å². The Morgan fingerprint density at radius 2 is 2.05 bits per heavy atom. The number of hydrogen-bond acceptors (Lipinski definition) is 6. The SMILES string of the molecule is O=[N+]([O-])c1ccc(CNCc2ccc3c(c2)OCO3)s1. The molecule has 1 aliphatic rings. The molecule has 1 N–H and O–H groups in total. The van der Waals surface area contributed by atoms with Gasteiger partial charge in [0.15, 0.2) is 11.5 Å². The van der Waals surface area contributed by atoms with Crippen molar-refractivity contribution in [1.29, 1.82) is 0 Å². The lowest BCUT2D eigenvalue weighted by Crippen LogP contribution is -2.11. The highest BCUT2D eigenvalue weighted by atomic mass is 32.1. The first-order valence-electron chi connectivity index (χ1n) is 6.05. The fourth-order valence-corrected chi connectivity index (χ4v) is 2.73. The van der Waals surface area contributed by atoms with Crippen LogP contribution >= 0.6 is 11.3 Å². The van der Waals surface area contributed by atoms with Crippen LogP contribution < -0.4 is 14.8 Å². The van der Waals surface area contributed by atoms with Crippen molar-refractivity contribution in [2.75, 3.05) is 6.79 Å². The summed E-state index contributed by atoms with van der Waals surface area (Å²) in [6.07, 6.45) is 0. The van der Waals surface area contributed by atoms with Crippen LogP contribution in [-0.4, -0.2) is 11.7 Å². The molecular formula is C13H12N2O4S. The number of nitro groups is 1. The molecule has 104 valence electrons. The van der Waals surface area contributed by atoms with E-state index in [2.05, 4.69) is 5.32 Å². The molecule has 1 aromatic heterocycles. The first-order chi connectivity index (χ1) is 9.72. The van der Waals surface area contributed by atoms with Crippen molar-refractivity contribution in [3.05, 3.63) is 50.9 Å². The van der Waals surface area contributed by atoms with Gasteiger partial charge in [-0.1, -0.05) is 17.4 Å². The van der Waals surface area contributed by atoms with Crippen LogP contribution in [0.1, 0.15) is 10.4 Å². The van der Waals surface area contributed by atoms with Gasteiger partial charge in [0.25, 0.3) is 0 Å². The quantitative estimate of drug-likeness (QED) is 0.677. The fraction of sp³-hybridized carbons (Fsp3) is 0.231. The molecule has 0 spiro atoms. The summed E-state index contributed by atoms with van der Waals surface area (Å²) in [4.78, 5) is 11.2. The third-order valence-corrected chi connectivity index (χ3v) is 3.93. The molecule has 0 saturated carbocycles. The number of fused-ring (bicyclic) bond motifs is 1. The first-order valence-corrected chi connectivity index (χ1v) is 6.86. The van der Waals surface area contributed by atoms with Crippen molar-refractivity contribution in [3.63, 3.8) is 0 Å². The second-order valence-electron chi connectivity index (χ2n) is 4.29. The monoisotopic (exact) mass is 292 g/mol. The molecular weight excluding hydrogens is 280 g/mol. The number of nitrogens with one attached hydrogen (secondary N) is 1. The molecule has 0 aliphatic carbocycles. The maximum Gasteiger partial charge on any atom is 0.324 e. The first kappa shape index (κ1) is 12.9. The minimum Gasteiger partial charge on any atom is -0.454 e. The van der Waals surface area contributed by atoms with E-state index >= 15 is 0 Å². The molecule has 0 fully saturated rings. The topological polar surface area (TPSA) is 73.6 Å². The molecule has 0 radical (unpaired) electrons. The highest BCUT2D eigenvalue weighted by Gasteiger charge is 2.13. The molecule has 7 heteroatoms. The van der Waals surface area contributed by atoms with E-state index in [1.54, 1.807) is 6.07 Å². The predicted molar refractivity (Wildman–Crippen MR) is 74.1 cm³/mol. The standard InChI is InChI=1S/C13H12N2O4S/c16-15(17)13-4-2-10(20-13)7-14-6-9-1-3-11-12(5-9)19-8-18-11/h1-5,14H,6-8H2. The van der Waals surface area contributed by atoms with Crippen LogP contribution in [0.15, 0.2) is 30.3 Å². The van der Waals surface area contributed by atoms with Crippen LogP contribution in [0.3, 0.4) is 0 Å². The Kier molecular flexibility index (Phi) is 3.53. The summed E-state index contributed by atoms with van der Waals surface area (Å²) in [7, 11) is 0. The third kappa shape index (κ3) is 2.73. The average Bonchev–Trinajstić information content (AvgIpc) is 3.06. The van der Waals surface area contributed by atoms with Gasteiger partial charge in [-0.3, -0.25) is 10.1 Å². The zero-order chi connectivity index (χ0) is 13.9. The normalized spacial score (nSPS) is 12.6. The second-order valence-corrected chi connectivity index (χ2v) is 5.44. The van der Waals surface area contributed by atoms with Crippen molar-refractivity contribution in [2.24, 2.45) is 0 Å². The summed E-state index contributed by atoms with van der Waals surface area (Å²) in [5.74, 6) is 1.53. The molecule has 20 heavy (non-hydrogen) atoms. The van der Waals surface area contributed by atoms with Gasteiger partial charge in [-0.05, 0) is 23.8 Å². The van der Waals surface area contributed by atoms with Gasteiger partial charge in [-0.15, -0.1) is 0 Å². The number of ether oxygens (including phenoxy) is 2. The summed E-state index contributed by atoms with van der Waals surface area (Å²) in [6.45, 7) is 1.54. The lowest BCUT2D eigenvalue weighted by atomic mass is 10.2. The highest BCUT2D eigenvalue weighted by molar-refractivity contribution is 7.15. The summed E-state index contributed by atoms with van der Waals surface area (Å²) < 4.78 is 10.6. The van der Waals surface area contributed by atoms with E-state index in [0.29, 0.717) is 13.1 Å². The number of thiophene rings is 1. The smallest absolute Gasteiger partial charge is 0.324 e. The molecule has 6 nitrogen and oxygen atoms in total. The van der Waals surface area contributed by atoms with E-state index in [-0.39, 0.29) is 16.7 Å². The van der Waals surface area contributed by atoms with Crippen LogP contribution in [0.25, 0.3) is 0 Å². The minimum absolute atomic E-state index is 0.171. The summed E-state index contributed by atoms with van der Waals surface area (Å²) in [5.41, 5.74) is 1.08. The van der Waals surface area contributed by atoms with Gasteiger partial charge in [0.1, 0.15) is 0 Å². The maximum atomic E-state index is 10.6. The summed E-state index contributed by atoms with van der Waals surface area (Å²) in [6, 6.07) is 9.09. The number of hydrogen-bond donors (Lipinski definition) is 1. The Balaban J connectivity index is 1.55. The lowest BCUT2D eigenvalue weighted by molar-refractivity contribution is -0.380. The molecule has 0 bridgehead atoms. The van der Waals surface area contributed by atoms with Crippen LogP contribution in [-0.2, 0) is 13.1 Å². The minimum atomic E-state index is -0.369. The maximum absolute atomic E-state index is 10.6. The van der Waals surface area contributed by atoms with Gasteiger partial charge < -0.3 is 14.8 Å². The van der Waals surface area contributed by atoms with Gasteiger partial charge in [0, 0.05) is 24.0 Å². The molecule has 0 unspecified atom stereocenters. The lowest BCUT2D eigenvalue weighted by Gasteiger charge is -2.04. The molecule has 2 heterocycles. The van der Waals surface area contributed by atoms with E-state index < -0.39 is 0 Å². The Bertz CT molecular complexity index is 641. The third-order valence-electron chi connectivity index (χ3n) is 2.89. The zero-order valence-electron chi connectivity index (χ0n) is 10.5. The number of nitrogens with zero attached hydrogens (tertiary/aromatic N) is 1. The number of benzene rings is 1. The molecule has 0 amide bonds. The molecule has 1 aliphatic heterocycles. The summed E-state index contributed by atoms with van der Waals surface area (Å²) >= 11 is 1.19. The van der Waals surface area contributed by atoms with E-state index in [1.807, 2.05) is 18.2 Å².